The number of hydrogen-bond donors (Lipinski definition) is 2. The highest BCUT2D eigenvalue weighted by molar-refractivity contribution is 7.05. The first kappa shape index (κ1) is 13.1. The predicted molar refractivity (Wildman–Crippen MR) is 74.3 cm³/mol. The van der Waals surface area contributed by atoms with Crippen LogP contribution >= 0.6 is 11.5 Å². The van der Waals surface area contributed by atoms with Gasteiger partial charge < -0.3 is 0 Å². The van der Waals surface area contributed by atoms with Gasteiger partial charge in [-0.3, -0.25) is 11.3 Å². The van der Waals surface area contributed by atoms with Gasteiger partial charge in [0.2, 0.25) is 0 Å². The monoisotopic (exact) mass is 262 g/mol. The molecule has 0 fully saturated rings. The van der Waals surface area contributed by atoms with Crippen molar-refractivity contribution >= 4 is 11.5 Å². The molecule has 2 aromatic rings. The van der Waals surface area contributed by atoms with E-state index in [1.54, 1.807) is 0 Å². The van der Waals surface area contributed by atoms with E-state index in [0.717, 1.165) is 17.0 Å². The molecular formula is C13H18N4S. The molecule has 1 aromatic heterocycles. The Kier molecular flexibility index (Phi) is 4.06. The van der Waals surface area contributed by atoms with E-state index in [0.29, 0.717) is 0 Å². The van der Waals surface area contributed by atoms with Crippen LogP contribution in [0.1, 0.15) is 33.3 Å². The third-order valence-corrected chi connectivity index (χ3v) is 3.87. The molecule has 0 saturated carbocycles. The number of benzene rings is 1. The Bertz CT molecular complexity index is 515. The summed E-state index contributed by atoms with van der Waals surface area (Å²) in [4.78, 5) is 1.11. The van der Waals surface area contributed by atoms with Crippen LogP contribution in [0.2, 0.25) is 0 Å². The molecule has 3 N–H and O–H groups in total. The Morgan fingerprint density at radius 3 is 2.39 bits per heavy atom. The van der Waals surface area contributed by atoms with Crippen LogP contribution in [0.5, 0.6) is 0 Å². The lowest BCUT2D eigenvalue weighted by molar-refractivity contribution is 0.557. The van der Waals surface area contributed by atoms with Crippen molar-refractivity contribution in [1.82, 2.24) is 15.0 Å². The van der Waals surface area contributed by atoms with E-state index >= 15 is 0 Å². The predicted octanol–water partition coefficient (Wildman–Crippen LogP) is 2.21. The third kappa shape index (κ3) is 2.93. The second kappa shape index (κ2) is 5.56. The molecule has 0 amide bonds. The summed E-state index contributed by atoms with van der Waals surface area (Å²) in [6.07, 6.45) is 0.851. The number of nitrogens with one attached hydrogen (secondary N) is 1. The zero-order valence-corrected chi connectivity index (χ0v) is 11.7. The largest absolute Gasteiger partial charge is 0.271 e. The van der Waals surface area contributed by atoms with Crippen molar-refractivity contribution in [2.75, 3.05) is 0 Å². The van der Waals surface area contributed by atoms with Gasteiger partial charge in [0.25, 0.3) is 0 Å². The summed E-state index contributed by atoms with van der Waals surface area (Å²) >= 11 is 1.41. The maximum atomic E-state index is 5.66. The normalized spacial score (nSPS) is 12.7. The summed E-state index contributed by atoms with van der Waals surface area (Å²) in [5.74, 6) is 5.66. The molecule has 1 unspecified atom stereocenters. The van der Waals surface area contributed by atoms with Crippen LogP contribution in [0.4, 0.5) is 0 Å². The fourth-order valence-electron chi connectivity index (χ4n) is 2.21. The number of hydrogen-bond acceptors (Lipinski definition) is 5. The summed E-state index contributed by atoms with van der Waals surface area (Å²) in [6.45, 7) is 6.19. The van der Waals surface area contributed by atoms with Crippen molar-refractivity contribution in [2.45, 2.75) is 33.2 Å². The lowest BCUT2D eigenvalue weighted by atomic mass is 10.0. The fourth-order valence-corrected chi connectivity index (χ4v) is 2.91. The van der Waals surface area contributed by atoms with E-state index in [1.165, 1.54) is 28.2 Å². The molecule has 0 bridgehead atoms. The molecule has 96 valence electrons. The molecule has 1 atom stereocenters. The van der Waals surface area contributed by atoms with E-state index < -0.39 is 0 Å². The molecule has 1 heterocycles. The average Bonchev–Trinajstić information content (AvgIpc) is 2.71. The first-order valence-corrected chi connectivity index (χ1v) is 6.69. The molecule has 0 aliphatic carbocycles. The van der Waals surface area contributed by atoms with Gasteiger partial charge in [0.1, 0.15) is 0 Å². The van der Waals surface area contributed by atoms with E-state index in [4.69, 9.17) is 5.84 Å². The van der Waals surface area contributed by atoms with Gasteiger partial charge in [-0.25, -0.2) is 0 Å². The van der Waals surface area contributed by atoms with Crippen LogP contribution in [0.3, 0.4) is 0 Å². The number of hydrazine groups is 1. The van der Waals surface area contributed by atoms with E-state index in [-0.39, 0.29) is 6.04 Å². The van der Waals surface area contributed by atoms with Crippen LogP contribution in [-0.4, -0.2) is 9.59 Å². The summed E-state index contributed by atoms with van der Waals surface area (Å²) in [5.41, 5.74) is 7.65. The lowest BCUT2D eigenvalue weighted by Gasteiger charge is -2.15. The number of aromatic nitrogens is 2. The minimum Gasteiger partial charge on any atom is -0.271 e. The van der Waals surface area contributed by atoms with Crippen LogP contribution in [0.15, 0.2) is 18.2 Å². The molecule has 0 saturated heterocycles. The Balaban J connectivity index is 2.23. The summed E-state index contributed by atoms with van der Waals surface area (Å²) in [6, 6.07) is 6.64. The number of nitrogens with zero attached hydrogens (tertiary/aromatic N) is 2. The van der Waals surface area contributed by atoms with E-state index in [1.807, 2.05) is 6.92 Å². The maximum Gasteiger partial charge on any atom is 0.0773 e. The van der Waals surface area contributed by atoms with Crippen LogP contribution in [-0.2, 0) is 6.42 Å². The molecule has 4 nitrogen and oxygen atoms in total. The molecule has 18 heavy (non-hydrogen) atoms. The summed E-state index contributed by atoms with van der Waals surface area (Å²) < 4.78 is 3.96. The van der Waals surface area contributed by atoms with Gasteiger partial charge in [-0.2, -0.15) is 0 Å². The Hall–Kier alpha value is -1.30. The van der Waals surface area contributed by atoms with Crippen LogP contribution in [0, 0.1) is 20.8 Å². The topological polar surface area (TPSA) is 63.8 Å². The van der Waals surface area contributed by atoms with Crippen molar-refractivity contribution in [1.29, 1.82) is 0 Å². The third-order valence-electron chi connectivity index (χ3n) is 2.93. The highest BCUT2D eigenvalue weighted by atomic mass is 32.1. The van der Waals surface area contributed by atoms with Gasteiger partial charge in [0.05, 0.1) is 16.6 Å². The average molecular weight is 262 g/mol. The standard InChI is InChI=1S/C13H18N4S/c1-8-4-9(2)6-11(5-8)7-12(15-14)13-10(3)16-17-18-13/h4-6,12,15H,7,14H2,1-3H3. The van der Waals surface area contributed by atoms with Gasteiger partial charge in [-0.15, -0.1) is 5.10 Å². The van der Waals surface area contributed by atoms with Crippen LogP contribution in [0.25, 0.3) is 0 Å². The van der Waals surface area contributed by atoms with Crippen LogP contribution < -0.4 is 11.3 Å². The Morgan fingerprint density at radius 2 is 1.89 bits per heavy atom. The fraction of sp³-hybridized carbons (Fsp3) is 0.385. The van der Waals surface area contributed by atoms with Gasteiger partial charge in [0.15, 0.2) is 0 Å². The van der Waals surface area contributed by atoms with Crippen molar-refractivity contribution in [3.8, 4) is 0 Å². The smallest absolute Gasteiger partial charge is 0.0773 e. The zero-order valence-electron chi connectivity index (χ0n) is 10.9. The molecule has 0 aliphatic heterocycles. The Morgan fingerprint density at radius 1 is 1.22 bits per heavy atom. The number of aryl methyl sites for hydroxylation is 3. The lowest BCUT2D eigenvalue weighted by Crippen LogP contribution is -2.29. The highest BCUT2D eigenvalue weighted by Gasteiger charge is 2.16. The molecule has 0 radical (unpaired) electrons. The van der Waals surface area contributed by atoms with Gasteiger partial charge in [-0.1, -0.05) is 33.8 Å². The Labute approximate surface area is 111 Å². The quantitative estimate of drug-likeness (QED) is 0.655. The molecule has 2 rings (SSSR count). The molecular weight excluding hydrogens is 244 g/mol. The zero-order chi connectivity index (χ0) is 13.1. The summed E-state index contributed by atoms with van der Waals surface area (Å²) in [5, 5.41) is 4.04. The van der Waals surface area contributed by atoms with Crippen molar-refractivity contribution in [2.24, 2.45) is 5.84 Å². The van der Waals surface area contributed by atoms with E-state index in [9.17, 15) is 0 Å². The SMILES string of the molecule is Cc1cc(C)cc(CC(NN)c2snnc2C)c1. The first-order valence-electron chi connectivity index (χ1n) is 5.92. The first-order chi connectivity index (χ1) is 8.60. The maximum absolute atomic E-state index is 5.66. The highest BCUT2D eigenvalue weighted by Crippen LogP contribution is 2.23. The second-order valence-electron chi connectivity index (χ2n) is 4.64. The number of rotatable bonds is 4. The molecule has 1 aromatic carbocycles. The molecule has 5 heteroatoms. The van der Waals surface area contributed by atoms with Crippen molar-refractivity contribution in [3.63, 3.8) is 0 Å². The van der Waals surface area contributed by atoms with Gasteiger partial charge >= 0.3 is 0 Å². The minimum absolute atomic E-state index is 0.0752. The van der Waals surface area contributed by atoms with Gasteiger partial charge in [0, 0.05) is 0 Å². The molecule has 0 aliphatic rings. The molecule has 0 spiro atoms. The minimum atomic E-state index is 0.0752. The van der Waals surface area contributed by atoms with Crippen molar-refractivity contribution < 1.29 is 0 Å². The van der Waals surface area contributed by atoms with Crippen molar-refractivity contribution in [3.05, 3.63) is 45.5 Å². The van der Waals surface area contributed by atoms with Gasteiger partial charge in [-0.05, 0) is 44.3 Å². The van der Waals surface area contributed by atoms with E-state index in [2.05, 4.69) is 47.1 Å². The number of nitrogens with two attached hydrogens (primary N) is 1. The summed E-state index contributed by atoms with van der Waals surface area (Å²) in [7, 11) is 0. The second-order valence-corrected chi connectivity index (χ2v) is 5.43.